The number of hydrogen-bond acceptors (Lipinski definition) is 7. The predicted octanol–water partition coefficient (Wildman–Crippen LogP) is -1.25. The Hall–Kier alpha value is -5.44. The molecular weight excluding hydrogens is 582 g/mol. The molecule has 1 aromatic heterocycles. The van der Waals surface area contributed by atoms with E-state index in [0.29, 0.717) is 11.1 Å². The number of aromatic nitrogens is 1. The van der Waals surface area contributed by atoms with Crippen LogP contribution in [0.5, 0.6) is 0 Å². The third kappa shape index (κ3) is 10.7. The summed E-state index contributed by atoms with van der Waals surface area (Å²) in [5, 5.41) is 18.5. The van der Waals surface area contributed by atoms with Crippen molar-refractivity contribution in [2.75, 3.05) is 6.54 Å². The van der Waals surface area contributed by atoms with E-state index < -0.39 is 60.2 Å². The average molecular weight is 622 g/mol. The molecule has 4 amide bonds. The number of nitrogens with zero attached hydrogens (tertiary/aromatic N) is 1. The lowest BCUT2D eigenvalue weighted by atomic mass is 10.0. The molecule has 2 aromatic carbocycles. The maximum atomic E-state index is 13.6. The van der Waals surface area contributed by atoms with Gasteiger partial charge in [0.25, 0.3) is 0 Å². The molecular formula is C30H39N9O6. The molecule has 3 aromatic rings. The highest BCUT2D eigenvalue weighted by molar-refractivity contribution is 5.95. The zero-order valence-electron chi connectivity index (χ0n) is 24.6. The quantitative estimate of drug-likeness (QED) is 0.0494. The second-order valence-corrected chi connectivity index (χ2v) is 10.5. The van der Waals surface area contributed by atoms with Crippen molar-refractivity contribution < 1.29 is 29.1 Å². The fraction of sp³-hybridized carbons (Fsp3) is 0.333. The molecule has 240 valence electrons. The number of aliphatic imine (C=N–C) groups is 1. The van der Waals surface area contributed by atoms with Crippen LogP contribution in [0.2, 0.25) is 0 Å². The van der Waals surface area contributed by atoms with Gasteiger partial charge in [0, 0.05) is 36.5 Å². The number of rotatable bonds is 17. The Kier molecular flexibility index (Phi) is 12.4. The molecule has 0 aliphatic heterocycles. The number of carboxylic acid groups (broad SMARTS) is 1. The maximum absolute atomic E-state index is 13.6. The number of fused-ring (bicyclic) bond motifs is 1. The molecule has 0 saturated carbocycles. The van der Waals surface area contributed by atoms with Gasteiger partial charge in [0.2, 0.25) is 23.6 Å². The molecule has 0 bridgehead atoms. The molecule has 13 N–H and O–H groups in total. The van der Waals surface area contributed by atoms with Gasteiger partial charge in [-0.1, -0.05) is 48.5 Å². The largest absolute Gasteiger partial charge is 0.480 e. The van der Waals surface area contributed by atoms with Crippen LogP contribution >= 0.6 is 0 Å². The molecule has 0 aliphatic rings. The van der Waals surface area contributed by atoms with Crippen molar-refractivity contribution in [1.82, 2.24) is 20.9 Å². The maximum Gasteiger partial charge on any atom is 0.326 e. The summed E-state index contributed by atoms with van der Waals surface area (Å²) >= 11 is 0. The lowest BCUT2D eigenvalue weighted by molar-refractivity contribution is -0.142. The molecule has 0 radical (unpaired) electrons. The summed E-state index contributed by atoms with van der Waals surface area (Å²) in [6.07, 6.45) is 1.55. The second-order valence-electron chi connectivity index (χ2n) is 10.5. The average Bonchev–Trinajstić information content (AvgIpc) is 3.40. The number of benzene rings is 2. The number of primary amides is 1. The molecule has 0 fully saturated rings. The predicted molar refractivity (Wildman–Crippen MR) is 167 cm³/mol. The summed E-state index contributed by atoms with van der Waals surface area (Å²) in [7, 11) is 0. The zero-order chi connectivity index (χ0) is 32.9. The Morgan fingerprint density at radius 2 is 1.42 bits per heavy atom. The number of carbonyl (C=O) groups is 5. The first-order valence-electron chi connectivity index (χ1n) is 14.3. The van der Waals surface area contributed by atoms with E-state index in [-0.39, 0.29) is 38.2 Å². The van der Waals surface area contributed by atoms with Crippen LogP contribution < -0.4 is 38.9 Å². The van der Waals surface area contributed by atoms with Gasteiger partial charge < -0.3 is 49.0 Å². The Labute approximate surface area is 259 Å². The number of carboxylic acids is 1. The van der Waals surface area contributed by atoms with Gasteiger partial charge in [0.15, 0.2) is 5.96 Å². The Morgan fingerprint density at radius 1 is 0.800 bits per heavy atom. The number of amides is 4. The van der Waals surface area contributed by atoms with E-state index in [1.807, 2.05) is 24.3 Å². The summed E-state index contributed by atoms with van der Waals surface area (Å²) in [4.78, 5) is 70.3. The Morgan fingerprint density at radius 3 is 2.09 bits per heavy atom. The minimum absolute atomic E-state index is 0.0236. The molecule has 15 heteroatoms. The van der Waals surface area contributed by atoms with Gasteiger partial charge in [0.05, 0.1) is 12.5 Å². The van der Waals surface area contributed by atoms with Crippen molar-refractivity contribution in [3.8, 4) is 0 Å². The van der Waals surface area contributed by atoms with Crippen molar-refractivity contribution in [3.63, 3.8) is 0 Å². The first-order chi connectivity index (χ1) is 21.4. The van der Waals surface area contributed by atoms with Crippen LogP contribution in [0, 0.1) is 0 Å². The van der Waals surface area contributed by atoms with Gasteiger partial charge >= 0.3 is 5.97 Å². The van der Waals surface area contributed by atoms with Crippen molar-refractivity contribution >= 4 is 46.5 Å². The van der Waals surface area contributed by atoms with Gasteiger partial charge in [-0.15, -0.1) is 0 Å². The standard InChI is InChI=1S/C30H39N9O6/c31-20(15-25(32)40)26(41)38-23(13-17-7-2-1-3-8-17)28(43)37-22(11-6-12-35-30(33)34)27(42)39-24(29(44)45)14-18-16-36-21-10-5-4-9-19(18)21/h1-5,7-10,16,20,22-24,36H,6,11-15,31H2,(H2,32,40)(H,37,43)(H,38,41)(H,39,42)(H,44,45)(H4,33,34,35). The first-order valence-corrected chi connectivity index (χ1v) is 14.3. The number of guanidine groups is 1. The van der Waals surface area contributed by atoms with E-state index >= 15 is 0 Å². The van der Waals surface area contributed by atoms with Gasteiger partial charge in [-0.2, -0.15) is 0 Å². The van der Waals surface area contributed by atoms with Crippen molar-refractivity contribution in [2.45, 2.75) is 56.3 Å². The Bertz CT molecular complexity index is 1520. The molecule has 3 rings (SSSR count). The number of H-pyrrole nitrogens is 1. The lowest BCUT2D eigenvalue weighted by Gasteiger charge is -2.25. The van der Waals surface area contributed by atoms with Crippen LogP contribution in [-0.4, -0.2) is 76.4 Å². The van der Waals surface area contributed by atoms with E-state index in [1.54, 1.807) is 36.5 Å². The second kappa shape index (κ2) is 16.4. The van der Waals surface area contributed by atoms with Crippen LogP contribution in [0.15, 0.2) is 65.8 Å². The molecule has 1 heterocycles. The summed E-state index contributed by atoms with van der Waals surface area (Å²) in [5.74, 6) is -4.48. The van der Waals surface area contributed by atoms with Crippen molar-refractivity contribution in [1.29, 1.82) is 0 Å². The fourth-order valence-corrected chi connectivity index (χ4v) is 4.68. The molecule has 4 unspecified atom stereocenters. The van der Waals surface area contributed by atoms with Crippen LogP contribution in [0.3, 0.4) is 0 Å². The first kappa shape index (κ1) is 34.1. The van der Waals surface area contributed by atoms with E-state index in [1.165, 1.54) is 0 Å². The van der Waals surface area contributed by atoms with E-state index in [4.69, 9.17) is 22.9 Å². The molecule has 0 aliphatic carbocycles. The Balaban J connectivity index is 1.81. The zero-order valence-corrected chi connectivity index (χ0v) is 24.6. The molecule has 0 spiro atoms. The number of aliphatic carboxylic acids is 1. The minimum Gasteiger partial charge on any atom is -0.480 e. The van der Waals surface area contributed by atoms with E-state index in [9.17, 15) is 29.1 Å². The lowest BCUT2D eigenvalue weighted by Crippen LogP contribution is -2.58. The van der Waals surface area contributed by atoms with Crippen LogP contribution in [0.4, 0.5) is 0 Å². The summed E-state index contributed by atoms with van der Waals surface area (Å²) in [6, 6.07) is 11.1. The summed E-state index contributed by atoms with van der Waals surface area (Å²) < 4.78 is 0. The van der Waals surface area contributed by atoms with Gasteiger partial charge in [0.1, 0.15) is 18.1 Å². The highest BCUT2D eigenvalue weighted by atomic mass is 16.4. The molecule has 4 atom stereocenters. The summed E-state index contributed by atoms with van der Waals surface area (Å²) in [5.41, 5.74) is 23.9. The summed E-state index contributed by atoms with van der Waals surface area (Å²) in [6.45, 7) is 0.145. The third-order valence-electron chi connectivity index (χ3n) is 6.97. The van der Waals surface area contributed by atoms with Crippen molar-refractivity contribution in [2.24, 2.45) is 27.9 Å². The van der Waals surface area contributed by atoms with Crippen molar-refractivity contribution in [3.05, 3.63) is 71.9 Å². The number of nitrogens with one attached hydrogen (secondary N) is 4. The highest BCUT2D eigenvalue weighted by Crippen LogP contribution is 2.19. The number of nitrogens with two attached hydrogens (primary N) is 4. The number of carbonyl (C=O) groups excluding carboxylic acids is 4. The molecule has 0 saturated heterocycles. The highest BCUT2D eigenvalue weighted by Gasteiger charge is 2.31. The van der Waals surface area contributed by atoms with Crippen LogP contribution in [0.1, 0.15) is 30.4 Å². The SMILES string of the molecule is NC(=O)CC(N)C(=O)NC(Cc1ccccc1)C(=O)NC(CCCN=C(N)N)C(=O)NC(Cc1c[nH]c2ccccc12)C(=O)O. The van der Waals surface area contributed by atoms with Gasteiger partial charge in [-0.25, -0.2) is 4.79 Å². The monoisotopic (exact) mass is 621 g/mol. The van der Waals surface area contributed by atoms with Crippen LogP contribution in [0.25, 0.3) is 10.9 Å². The van der Waals surface area contributed by atoms with Crippen LogP contribution in [-0.2, 0) is 36.8 Å². The minimum atomic E-state index is -1.32. The third-order valence-corrected chi connectivity index (χ3v) is 6.97. The topological polar surface area (TPSA) is 274 Å². The fourth-order valence-electron chi connectivity index (χ4n) is 4.68. The molecule has 45 heavy (non-hydrogen) atoms. The van der Waals surface area contributed by atoms with E-state index in [2.05, 4.69) is 25.9 Å². The van der Waals surface area contributed by atoms with Gasteiger partial charge in [-0.3, -0.25) is 24.2 Å². The van der Waals surface area contributed by atoms with Gasteiger partial charge in [-0.05, 0) is 30.0 Å². The van der Waals surface area contributed by atoms with E-state index in [0.717, 1.165) is 10.9 Å². The normalized spacial score (nSPS) is 13.5. The smallest absolute Gasteiger partial charge is 0.326 e. The number of aromatic amines is 1. The number of para-hydroxylation sites is 1. The molecule has 15 nitrogen and oxygen atoms in total. The number of hydrogen-bond donors (Lipinski definition) is 9.